The van der Waals surface area contributed by atoms with E-state index < -0.39 is 15.6 Å². The summed E-state index contributed by atoms with van der Waals surface area (Å²) in [5, 5.41) is 0. The van der Waals surface area contributed by atoms with Crippen LogP contribution < -0.4 is 0 Å². The molecule has 0 atom stereocenters. The van der Waals surface area contributed by atoms with Gasteiger partial charge >= 0.3 is 95.9 Å². The first-order valence-electron chi connectivity index (χ1n) is 4.62. The van der Waals surface area contributed by atoms with E-state index in [0.717, 1.165) is 0 Å². The quantitative estimate of drug-likeness (QED) is 0.422. The Hall–Kier alpha value is -0.895. The van der Waals surface area contributed by atoms with E-state index in [0.29, 0.717) is 7.15 Å². The Labute approximate surface area is 96.6 Å². The van der Waals surface area contributed by atoms with Gasteiger partial charge in [0.05, 0.1) is 0 Å². The van der Waals surface area contributed by atoms with Crippen LogP contribution in [-0.4, -0.2) is 45.5 Å². The Kier molecular flexibility index (Phi) is 4.31. The summed E-state index contributed by atoms with van der Waals surface area (Å²) in [7, 11) is -4.92. The first-order valence-corrected chi connectivity index (χ1v) is 6.03. The number of nitrogens with zero attached hydrogens (tertiary/aromatic N) is 1. The molecule has 0 bridgehead atoms. The van der Waals surface area contributed by atoms with Crippen molar-refractivity contribution < 1.29 is 30.5 Å². The van der Waals surface area contributed by atoms with Crippen molar-refractivity contribution in [1.29, 1.82) is 0 Å². The van der Waals surface area contributed by atoms with Crippen molar-refractivity contribution in [2.45, 2.75) is 11.9 Å². The van der Waals surface area contributed by atoms with Gasteiger partial charge < -0.3 is 0 Å². The third kappa shape index (κ3) is 3.81. The van der Waals surface area contributed by atoms with E-state index in [4.69, 9.17) is 0 Å². The molecular formula is C7H9BF3NO4S. The van der Waals surface area contributed by atoms with E-state index in [2.05, 4.69) is 4.18 Å². The molecule has 1 aliphatic heterocycles. The van der Waals surface area contributed by atoms with Crippen molar-refractivity contribution in [2.24, 2.45) is 0 Å². The van der Waals surface area contributed by atoms with Crippen LogP contribution in [-0.2, 0) is 19.0 Å². The molecule has 1 heterocycles. The molecule has 0 fully saturated rings. The van der Waals surface area contributed by atoms with Gasteiger partial charge in [-0.15, -0.1) is 0 Å². The average molecular weight is 271 g/mol. The van der Waals surface area contributed by atoms with Crippen LogP contribution >= 0.6 is 0 Å². The Bertz CT molecular complexity index is 419. The van der Waals surface area contributed by atoms with Crippen LogP contribution in [0.1, 0.15) is 6.42 Å². The number of hydrogen-bond donors (Lipinski definition) is 0. The zero-order valence-corrected chi connectivity index (χ0v) is 9.42. The second kappa shape index (κ2) is 5.17. The molecule has 0 amide bonds. The first kappa shape index (κ1) is 14.2. The van der Waals surface area contributed by atoms with E-state index in [1.165, 1.54) is 6.08 Å². The van der Waals surface area contributed by atoms with Crippen molar-refractivity contribution >= 4 is 17.3 Å². The van der Waals surface area contributed by atoms with Gasteiger partial charge in [0.15, 0.2) is 0 Å². The number of alkyl halides is 3. The Morgan fingerprint density at radius 2 is 2.12 bits per heavy atom. The molecule has 0 spiro atoms. The monoisotopic (exact) mass is 271 g/mol. The molecule has 5 nitrogen and oxygen atoms in total. The normalized spacial score (nSPS) is 18.4. The van der Waals surface area contributed by atoms with E-state index in [1.807, 2.05) is 0 Å². The summed E-state index contributed by atoms with van der Waals surface area (Å²) in [4.78, 5) is 1.64. The second-order valence-electron chi connectivity index (χ2n) is 3.33. The predicted molar refractivity (Wildman–Crippen MR) is 51.6 cm³/mol. The standard InChI is InChI=1S/C7H9BF3NO4S/c9-7(10,11)17(14,15)16-6-1-3-12(4-2-6)5-8-13/h1H,2-5H2. The molecule has 1 aliphatic rings. The van der Waals surface area contributed by atoms with Gasteiger partial charge in [-0.05, 0) is 0 Å². The van der Waals surface area contributed by atoms with Gasteiger partial charge in [0, 0.05) is 0 Å². The van der Waals surface area contributed by atoms with Crippen LogP contribution in [0.25, 0.3) is 0 Å². The van der Waals surface area contributed by atoms with Gasteiger partial charge in [-0.25, -0.2) is 0 Å². The Morgan fingerprint density at radius 1 is 1.47 bits per heavy atom. The molecule has 96 valence electrons. The van der Waals surface area contributed by atoms with Crippen molar-refractivity contribution in [3.05, 3.63) is 11.8 Å². The Morgan fingerprint density at radius 3 is 2.53 bits per heavy atom. The third-order valence-corrected chi connectivity index (χ3v) is 3.08. The van der Waals surface area contributed by atoms with E-state index in [-0.39, 0.29) is 31.7 Å². The predicted octanol–water partition coefficient (Wildman–Crippen LogP) is 0.449. The number of hydrogen-bond acceptors (Lipinski definition) is 5. The van der Waals surface area contributed by atoms with Crippen LogP contribution in [0.5, 0.6) is 0 Å². The van der Waals surface area contributed by atoms with Gasteiger partial charge in [0.1, 0.15) is 0 Å². The average Bonchev–Trinajstić information content (AvgIpc) is 2.19. The fourth-order valence-corrected chi connectivity index (χ4v) is 1.76. The van der Waals surface area contributed by atoms with Gasteiger partial charge in [0.25, 0.3) is 0 Å². The van der Waals surface area contributed by atoms with E-state index >= 15 is 0 Å². The molecule has 17 heavy (non-hydrogen) atoms. The second-order valence-corrected chi connectivity index (χ2v) is 4.87. The van der Waals surface area contributed by atoms with Crippen LogP contribution in [0.3, 0.4) is 0 Å². The SMILES string of the molecule is O=BCN1CC=C(OS(=O)(=O)C(F)(F)F)CC1. The molecule has 0 radical (unpaired) electrons. The summed E-state index contributed by atoms with van der Waals surface area (Å²) in [6.07, 6.45) is 1.38. The van der Waals surface area contributed by atoms with Crippen LogP contribution in [0.15, 0.2) is 11.8 Å². The van der Waals surface area contributed by atoms with Crippen molar-refractivity contribution in [1.82, 2.24) is 4.90 Å². The number of halogens is 3. The Balaban J connectivity index is 2.64. The molecule has 0 saturated heterocycles. The molecule has 0 N–H and O–H groups in total. The molecule has 0 aromatic carbocycles. The van der Waals surface area contributed by atoms with E-state index in [1.54, 1.807) is 4.90 Å². The molecule has 0 unspecified atom stereocenters. The van der Waals surface area contributed by atoms with Crippen molar-refractivity contribution in [2.75, 3.05) is 19.5 Å². The summed E-state index contributed by atoms with van der Waals surface area (Å²) >= 11 is 0. The maximum atomic E-state index is 12.0. The fraction of sp³-hybridized carbons (Fsp3) is 0.714. The zero-order chi connectivity index (χ0) is 13.1. The summed E-state index contributed by atoms with van der Waals surface area (Å²) in [5.41, 5.74) is -5.42. The molecule has 10 heteroatoms. The van der Waals surface area contributed by atoms with Gasteiger partial charge in [-0.2, -0.15) is 0 Å². The topological polar surface area (TPSA) is 63.7 Å². The number of rotatable bonds is 4. The van der Waals surface area contributed by atoms with Crippen LogP contribution in [0.2, 0.25) is 0 Å². The molecule has 0 aromatic heterocycles. The molecule has 1 rings (SSSR count). The molecule has 0 aromatic rings. The summed E-state index contributed by atoms with van der Waals surface area (Å²) in [6, 6.07) is 0. The zero-order valence-electron chi connectivity index (χ0n) is 8.61. The summed E-state index contributed by atoms with van der Waals surface area (Å²) < 4.78 is 71.4. The minimum atomic E-state index is -5.58. The molecule has 0 saturated carbocycles. The van der Waals surface area contributed by atoms with Crippen molar-refractivity contribution in [3.8, 4) is 0 Å². The first-order chi connectivity index (χ1) is 7.76. The fourth-order valence-electron chi connectivity index (χ4n) is 1.23. The van der Waals surface area contributed by atoms with Gasteiger partial charge in [-0.3, -0.25) is 0 Å². The molecular weight excluding hydrogens is 262 g/mol. The summed E-state index contributed by atoms with van der Waals surface area (Å²) in [6.45, 7) is 0.458. The van der Waals surface area contributed by atoms with Gasteiger partial charge in [-0.1, -0.05) is 0 Å². The maximum absolute atomic E-state index is 12.0. The van der Waals surface area contributed by atoms with Crippen LogP contribution in [0, 0.1) is 0 Å². The molecule has 0 aliphatic carbocycles. The van der Waals surface area contributed by atoms with E-state index in [9.17, 15) is 26.3 Å². The summed E-state index contributed by atoms with van der Waals surface area (Å²) in [5.74, 6) is -0.246. The minimum absolute atomic E-state index is 0.0170. The van der Waals surface area contributed by atoms with Crippen molar-refractivity contribution in [3.63, 3.8) is 0 Å². The third-order valence-electron chi connectivity index (χ3n) is 2.08. The van der Waals surface area contributed by atoms with Crippen LogP contribution in [0.4, 0.5) is 13.2 Å². The van der Waals surface area contributed by atoms with Gasteiger partial charge in [0.2, 0.25) is 0 Å².